The number of nitrogens with zero attached hydrogens (tertiary/aromatic N) is 3. The number of amides is 1. The molecule has 0 aromatic carbocycles. The smallest absolute Gasteiger partial charge is 0.286 e. The summed E-state index contributed by atoms with van der Waals surface area (Å²) in [4.78, 5) is 12.8. The summed E-state index contributed by atoms with van der Waals surface area (Å²) in [6.07, 6.45) is -4.18. The normalized spacial score (nSPS) is 21.3. The number of rotatable bonds is 2. The maximum absolute atomic E-state index is 12.3. The van der Waals surface area contributed by atoms with E-state index in [2.05, 4.69) is 26.1 Å². The van der Waals surface area contributed by atoms with E-state index in [9.17, 15) is 18.0 Å². The molecule has 1 fully saturated rings. The molecule has 1 unspecified atom stereocenters. The van der Waals surface area contributed by atoms with Gasteiger partial charge in [-0.25, -0.2) is 0 Å². The highest BCUT2D eigenvalue weighted by molar-refractivity contribution is 9.09. The van der Waals surface area contributed by atoms with Crippen LogP contribution < -0.4 is 4.90 Å². The summed E-state index contributed by atoms with van der Waals surface area (Å²) in [7, 11) is 0. The Morgan fingerprint density at radius 2 is 2.18 bits per heavy atom. The second-order valence-corrected chi connectivity index (χ2v) is 5.22. The van der Waals surface area contributed by atoms with Crippen LogP contribution in [0.15, 0.2) is 0 Å². The summed E-state index contributed by atoms with van der Waals surface area (Å²) >= 11 is 3.65. The molecule has 9 heteroatoms. The monoisotopic (exact) mass is 329 g/mol. The van der Waals surface area contributed by atoms with Gasteiger partial charge in [-0.05, 0) is 5.92 Å². The number of carbonyl (C=O) groups is 1. The van der Waals surface area contributed by atoms with Crippen LogP contribution in [0, 0.1) is 5.92 Å². The summed E-state index contributed by atoms with van der Waals surface area (Å²) in [5, 5.41) is 6.11. The Morgan fingerprint density at radius 3 is 2.65 bits per heavy atom. The Kier molecular flexibility index (Phi) is 3.39. The van der Waals surface area contributed by atoms with Crippen molar-refractivity contribution in [2.75, 3.05) is 16.8 Å². The lowest BCUT2D eigenvalue weighted by Gasteiger charge is -2.10. The van der Waals surface area contributed by atoms with Crippen LogP contribution in [0.4, 0.5) is 18.3 Å². The molecule has 2 heterocycles. The van der Waals surface area contributed by atoms with Crippen molar-refractivity contribution in [2.45, 2.75) is 12.6 Å². The van der Waals surface area contributed by atoms with Crippen LogP contribution in [0.1, 0.15) is 11.4 Å². The van der Waals surface area contributed by atoms with E-state index in [0.717, 1.165) is 0 Å². The van der Waals surface area contributed by atoms with Crippen molar-refractivity contribution in [3.63, 3.8) is 0 Å². The predicted molar refractivity (Wildman–Crippen MR) is 59.2 cm³/mol. The first kappa shape index (κ1) is 12.7. The van der Waals surface area contributed by atoms with E-state index in [-0.39, 0.29) is 17.0 Å². The van der Waals surface area contributed by atoms with Crippen molar-refractivity contribution < 1.29 is 18.0 Å². The third kappa shape index (κ3) is 2.59. The van der Waals surface area contributed by atoms with Gasteiger partial charge >= 0.3 is 6.18 Å². The van der Waals surface area contributed by atoms with Gasteiger partial charge in [0.1, 0.15) is 0 Å². The third-order valence-corrected chi connectivity index (χ3v) is 4.22. The fourth-order valence-corrected chi connectivity index (χ4v) is 2.68. The predicted octanol–water partition coefficient (Wildman–Crippen LogP) is 2.30. The van der Waals surface area contributed by atoms with Crippen molar-refractivity contribution in [3.8, 4) is 0 Å². The van der Waals surface area contributed by atoms with E-state index in [1.54, 1.807) is 0 Å². The molecule has 1 aliphatic heterocycles. The molecule has 1 aliphatic rings. The largest absolute Gasteiger partial charge is 0.445 e. The number of carbonyl (C=O) groups excluding carboxylic acids is 1. The summed E-state index contributed by atoms with van der Waals surface area (Å²) < 4.78 is 37.0. The van der Waals surface area contributed by atoms with Crippen molar-refractivity contribution >= 4 is 38.3 Å². The molecule has 0 saturated carbocycles. The fourth-order valence-electron chi connectivity index (χ4n) is 1.51. The molecular formula is C8H7BrF3N3OS. The highest BCUT2D eigenvalue weighted by Gasteiger charge is 2.38. The number of aromatic nitrogens is 2. The lowest BCUT2D eigenvalue weighted by molar-refractivity contribution is -0.138. The van der Waals surface area contributed by atoms with E-state index in [1.807, 2.05) is 0 Å². The first-order valence-corrected chi connectivity index (χ1v) is 6.62. The minimum absolute atomic E-state index is 0.0192. The Balaban J connectivity index is 2.19. The minimum Gasteiger partial charge on any atom is -0.286 e. The molecular weight excluding hydrogens is 323 g/mol. The highest BCUT2D eigenvalue weighted by atomic mass is 79.9. The molecule has 17 heavy (non-hydrogen) atoms. The van der Waals surface area contributed by atoms with E-state index >= 15 is 0 Å². The van der Waals surface area contributed by atoms with Gasteiger partial charge in [-0.2, -0.15) is 13.2 Å². The standard InChI is InChI=1S/C8H7BrF3N3OS/c9-2-4-1-5(16)15(3-4)7-14-13-6(17-7)8(10,11)12/h4H,1-3H2. The van der Waals surface area contributed by atoms with Gasteiger partial charge in [0.2, 0.25) is 16.0 Å². The second-order valence-electron chi connectivity index (χ2n) is 3.62. The maximum Gasteiger partial charge on any atom is 0.445 e. The first-order valence-electron chi connectivity index (χ1n) is 4.69. The average molecular weight is 330 g/mol. The lowest BCUT2D eigenvalue weighted by Crippen LogP contribution is -2.24. The van der Waals surface area contributed by atoms with Crippen molar-refractivity contribution in [3.05, 3.63) is 5.01 Å². The number of hydrogen-bond donors (Lipinski definition) is 0. The Labute approximate surface area is 107 Å². The number of alkyl halides is 4. The van der Waals surface area contributed by atoms with Crippen LogP contribution in [0.2, 0.25) is 0 Å². The Bertz CT molecular complexity index is 436. The number of halogens is 4. The first-order chi connectivity index (χ1) is 7.91. The lowest BCUT2D eigenvalue weighted by atomic mass is 10.2. The Hall–Kier alpha value is -0.700. The zero-order valence-electron chi connectivity index (χ0n) is 8.37. The van der Waals surface area contributed by atoms with Crippen LogP contribution in [-0.4, -0.2) is 28.0 Å². The summed E-state index contributed by atoms with van der Waals surface area (Å²) in [5.74, 6) is -0.0972. The van der Waals surface area contributed by atoms with Crippen LogP contribution in [-0.2, 0) is 11.0 Å². The minimum atomic E-state index is -4.51. The third-order valence-electron chi connectivity index (χ3n) is 2.31. The summed E-state index contributed by atoms with van der Waals surface area (Å²) in [5.41, 5.74) is 0. The van der Waals surface area contributed by atoms with Gasteiger partial charge in [0.05, 0.1) is 0 Å². The van der Waals surface area contributed by atoms with E-state index in [1.165, 1.54) is 4.90 Å². The molecule has 1 aromatic rings. The second kappa shape index (κ2) is 4.52. The van der Waals surface area contributed by atoms with Gasteiger partial charge in [0.15, 0.2) is 0 Å². The fraction of sp³-hybridized carbons (Fsp3) is 0.625. The van der Waals surface area contributed by atoms with Crippen LogP contribution >= 0.6 is 27.3 Å². The van der Waals surface area contributed by atoms with E-state index < -0.39 is 11.2 Å². The van der Waals surface area contributed by atoms with Gasteiger partial charge < -0.3 is 0 Å². The SMILES string of the molecule is O=C1CC(CBr)CN1c1nnc(C(F)(F)F)s1. The van der Waals surface area contributed by atoms with Gasteiger partial charge in [0, 0.05) is 18.3 Å². The number of hydrogen-bond acceptors (Lipinski definition) is 4. The maximum atomic E-state index is 12.3. The average Bonchev–Trinajstić information content (AvgIpc) is 2.82. The highest BCUT2D eigenvalue weighted by Crippen LogP contribution is 2.36. The van der Waals surface area contributed by atoms with Crippen LogP contribution in [0.25, 0.3) is 0 Å². The van der Waals surface area contributed by atoms with Gasteiger partial charge in [-0.1, -0.05) is 27.3 Å². The summed E-state index contributed by atoms with van der Waals surface area (Å²) in [6, 6.07) is 0. The molecule has 1 amide bonds. The molecule has 2 rings (SSSR count). The Morgan fingerprint density at radius 1 is 1.47 bits per heavy atom. The van der Waals surface area contributed by atoms with Crippen LogP contribution in [0.5, 0.6) is 0 Å². The van der Waals surface area contributed by atoms with Crippen molar-refractivity contribution in [2.24, 2.45) is 5.92 Å². The molecule has 0 aliphatic carbocycles. The molecule has 1 atom stereocenters. The zero-order valence-corrected chi connectivity index (χ0v) is 10.8. The molecule has 0 N–H and O–H groups in total. The molecule has 1 aromatic heterocycles. The van der Waals surface area contributed by atoms with Crippen molar-refractivity contribution in [1.82, 2.24) is 10.2 Å². The topological polar surface area (TPSA) is 46.1 Å². The molecule has 0 spiro atoms. The van der Waals surface area contributed by atoms with Crippen LogP contribution in [0.3, 0.4) is 0 Å². The number of anilines is 1. The molecule has 94 valence electrons. The van der Waals surface area contributed by atoms with Crippen molar-refractivity contribution in [1.29, 1.82) is 0 Å². The quantitative estimate of drug-likeness (QED) is 0.782. The van der Waals surface area contributed by atoms with Gasteiger partial charge in [0.25, 0.3) is 0 Å². The van der Waals surface area contributed by atoms with E-state index in [4.69, 9.17) is 0 Å². The van der Waals surface area contributed by atoms with Gasteiger partial charge in [-0.15, -0.1) is 10.2 Å². The molecule has 4 nitrogen and oxygen atoms in total. The van der Waals surface area contributed by atoms with Gasteiger partial charge in [-0.3, -0.25) is 9.69 Å². The summed E-state index contributed by atoms with van der Waals surface area (Å²) in [6.45, 7) is 0.385. The molecule has 0 bridgehead atoms. The molecule has 1 saturated heterocycles. The van der Waals surface area contributed by atoms with E-state index in [0.29, 0.717) is 29.6 Å². The molecule has 0 radical (unpaired) electrons. The zero-order chi connectivity index (χ0) is 12.6.